The van der Waals surface area contributed by atoms with Gasteiger partial charge in [-0.05, 0) is 0 Å². The second-order valence-corrected chi connectivity index (χ2v) is 4.75. The zero-order chi connectivity index (χ0) is 14.5. The van der Waals surface area contributed by atoms with E-state index < -0.39 is 5.97 Å². The summed E-state index contributed by atoms with van der Waals surface area (Å²) >= 11 is 1.28. The predicted octanol–water partition coefficient (Wildman–Crippen LogP) is 0.363. The number of nitrogens with zero attached hydrogens (tertiary/aromatic N) is 3. The molecule has 0 saturated heterocycles. The van der Waals surface area contributed by atoms with Crippen molar-refractivity contribution in [2.75, 3.05) is 7.11 Å². The van der Waals surface area contributed by atoms with Crippen LogP contribution in [0.5, 0.6) is 5.75 Å². The Morgan fingerprint density at radius 2 is 2.35 bits per heavy atom. The molecule has 0 radical (unpaired) electrons. The molecule has 8 nitrogen and oxygen atoms in total. The molecule has 2 rings (SSSR count). The molecule has 0 aliphatic carbocycles. The van der Waals surface area contributed by atoms with Gasteiger partial charge < -0.3 is 15.2 Å². The Balaban J connectivity index is 1.89. The molecule has 2 aromatic rings. The van der Waals surface area contributed by atoms with Gasteiger partial charge in [-0.2, -0.15) is 0 Å². The Hall–Kier alpha value is -2.42. The van der Waals surface area contributed by atoms with Gasteiger partial charge in [-0.3, -0.25) is 9.59 Å². The summed E-state index contributed by atoms with van der Waals surface area (Å²) in [5, 5.41) is 20.4. The van der Waals surface area contributed by atoms with E-state index in [1.807, 2.05) is 0 Å². The van der Waals surface area contributed by atoms with Crippen molar-refractivity contribution < 1.29 is 19.4 Å². The van der Waals surface area contributed by atoms with E-state index in [2.05, 4.69) is 15.6 Å². The summed E-state index contributed by atoms with van der Waals surface area (Å²) in [5.41, 5.74) is 0.489. The number of nitrogens with one attached hydrogen (secondary N) is 1. The van der Waals surface area contributed by atoms with Gasteiger partial charge in [-0.25, -0.2) is 4.68 Å². The molecule has 9 heteroatoms. The summed E-state index contributed by atoms with van der Waals surface area (Å²) in [6, 6.07) is 1.64. The first-order valence-corrected chi connectivity index (χ1v) is 6.48. The zero-order valence-electron chi connectivity index (χ0n) is 10.6. The number of carbonyl (C=O) groups excluding carboxylic acids is 1. The van der Waals surface area contributed by atoms with Gasteiger partial charge in [0, 0.05) is 11.4 Å². The molecule has 0 aliphatic heterocycles. The number of hydrogen-bond acceptors (Lipinski definition) is 6. The van der Waals surface area contributed by atoms with Crippen LogP contribution in [0.15, 0.2) is 17.6 Å². The fourth-order valence-corrected chi connectivity index (χ4v) is 2.21. The van der Waals surface area contributed by atoms with Gasteiger partial charge in [0.2, 0.25) is 0 Å². The number of thiophene rings is 1. The summed E-state index contributed by atoms with van der Waals surface area (Å²) < 4.78 is 6.19. The maximum Gasteiger partial charge on any atom is 0.325 e. The number of methoxy groups -OCH3 is 1. The lowest BCUT2D eigenvalue weighted by Gasteiger charge is -1.99. The van der Waals surface area contributed by atoms with Gasteiger partial charge in [-0.15, -0.1) is 16.4 Å². The van der Waals surface area contributed by atoms with Gasteiger partial charge in [0.15, 0.2) is 0 Å². The molecule has 20 heavy (non-hydrogen) atoms. The van der Waals surface area contributed by atoms with Crippen LogP contribution in [0.4, 0.5) is 0 Å². The zero-order valence-corrected chi connectivity index (χ0v) is 11.4. The van der Waals surface area contributed by atoms with Crippen molar-refractivity contribution in [2.24, 2.45) is 0 Å². The third kappa shape index (κ3) is 3.54. The van der Waals surface area contributed by atoms with Crippen LogP contribution in [-0.4, -0.2) is 39.1 Å². The molecule has 0 bridgehead atoms. The predicted molar refractivity (Wildman–Crippen MR) is 69.7 cm³/mol. The standard InChI is InChI=1S/C11H12N4O4S/c1-19-8-2-9(20-6-8)11(18)12-3-7-4-15(14-13-7)5-10(16)17/h2,4,6H,3,5H2,1H3,(H,12,18)(H,16,17). The van der Waals surface area contributed by atoms with Crippen LogP contribution in [0, 0.1) is 0 Å². The number of carboxylic acid groups (broad SMARTS) is 1. The lowest BCUT2D eigenvalue weighted by Crippen LogP contribution is -2.22. The fourth-order valence-electron chi connectivity index (χ4n) is 1.44. The molecule has 2 aromatic heterocycles. The van der Waals surface area contributed by atoms with Crippen molar-refractivity contribution in [3.63, 3.8) is 0 Å². The molecule has 2 heterocycles. The maximum absolute atomic E-state index is 11.8. The first-order chi connectivity index (χ1) is 9.58. The monoisotopic (exact) mass is 296 g/mol. The topological polar surface area (TPSA) is 106 Å². The first kappa shape index (κ1) is 14.0. The number of hydrogen-bond donors (Lipinski definition) is 2. The highest BCUT2D eigenvalue weighted by Crippen LogP contribution is 2.20. The van der Waals surface area contributed by atoms with Crippen LogP contribution >= 0.6 is 11.3 Å². The minimum absolute atomic E-state index is 0.179. The Morgan fingerprint density at radius 3 is 3.00 bits per heavy atom. The van der Waals surface area contributed by atoms with E-state index in [0.29, 0.717) is 16.3 Å². The SMILES string of the molecule is COc1csc(C(=O)NCc2cn(CC(=O)O)nn2)c1. The average molecular weight is 296 g/mol. The van der Waals surface area contributed by atoms with Crippen LogP contribution in [0.25, 0.3) is 0 Å². The Labute approximate surface area is 118 Å². The lowest BCUT2D eigenvalue weighted by atomic mass is 10.4. The Kier molecular flexibility index (Phi) is 4.31. The summed E-state index contributed by atoms with van der Waals surface area (Å²) in [7, 11) is 1.53. The molecular weight excluding hydrogens is 284 g/mol. The molecular formula is C11H12N4O4S. The highest BCUT2D eigenvalue weighted by molar-refractivity contribution is 7.12. The molecule has 106 valence electrons. The van der Waals surface area contributed by atoms with E-state index in [4.69, 9.17) is 9.84 Å². The fraction of sp³-hybridized carbons (Fsp3) is 0.273. The second-order valence-electron chi connectivity index (χ2n) is 3.83. The van der Waals surface area contributed by atoms with Crippen molar-refractivity contribution >= 4 is 23.2 Å². The minimum Gasteiger partial charge on any atom is -0.496 e. The van der Waals surface area contributed by atoms with Crippen LogP contribution < -0.4 is 10.1 Å². The van der Waals surface area contributed by atoms with Crippen LogP contribution in [0.3, 0.4) is 0 Å². The van der Waals surface area contributed by atoms with Crippen molar-refractivity contribution in [3.05, 3.63) is 28.2 Å². The number of amides is 1. The molecule has 2 N–H and O–H groups in total. The van der Waals surface area contributed by atoms with Crippen molar-refractivity contribution in [2.45, 2.75) is 13.1 Å². The van der Waals surface area contributed by atoms with Gasteiger partial charge in [-0.1, -0.05) is 5.21 Å². The minimum atomic E-state index is -1.00. The second kappa shape index (κ2) is 6.15. The number of carboxylic acids is 1. The van der Waals surface area contributed by atoms with E-state index >= 15 is 0 Å². The third-order valence-corrected chi connectivity index (χ3v) is 3.26. The smallest absolute Gasteiger partial charge is 0.325 e. The molecule has 1 amide bonds. The molecule has 0 atom stereocenters. The summed E-state index contributed by atoms with van der Waals surface area (Å²) in [6.45, 7) is -0.0816. The molecule has 0 spiro atoms. The first-order valence-electron chi connectivity index (χ1n) is 5.60. The summed E-state index contributed by atoms with van der Waals surface area (Å²) in [4.78, 5) is 22.8. The van der Waals surface area contributed by atoms with Crippen LogP contribution in [0.1, 0.15) is 15.4 Å². The quantitative estimate of drug-likeness (QED) is 0.797. The number of aliphatic carboxylic acids is 1. The lowest BCUT2D eigenvalue weighted by molar-refractivity contribution is -0.137. The average Bonchev–Trinajstić information content (AvgIpc) is 3.04. The van der Waals surface area contributed by atoms with Crippen molar-refractivity contribution in [1.82, 2.24) is 20.3 Å². The molecule has 0 saturated carbocycles. The number of rotatable bonds is 6. The van der Waals surface area contributed by atoms with Gasteiger partial charge >= 0.3 is 5.97 Å². The summed E-state index contributed by atoms with van der Waals surface area (Å²) in [6.07, 6.45) is 1.48. The maximum atomic E-state index is 11.8. The molecule has 0 aliphatic rings. The normalized spacial score (nSPS) is 10.2. The van der Waals surface area contributed by atoms with Crippen LogP contribution in [0.2, 0.25) is 0 Å². The molecule has 0 fully saturated rings. The van der Waals surface area contributed by atoms with E-state index in [1.54, 1.807) is 11.4 Å². The van der Waals surface area contributed by atoms with Gasteiger partial charge in [0.25, 0.3) is 5.91 Å². The molecule has 0 aromatic carbocycles. The Morgan fingerprint density at radius 1 is 1.55 bits per heavy atom. The van der Waals surface area contributed by atoms with E-state index in [0.717, 1.165) is 0 Å². The summed E-state index contributed by atoms with van der Waals surface area (Å²) in [5.74, 6) is -0.616. The van der Waals surface area contributed by atoms with E-state index in [-0.39, 0.29) is 19.0 Å². The largest absolute Gasteiger partial charge is 0.496 e. The molecule has 0 unspecified atom stereocenters. The number of carbonyl (C=O) groups is 2. The van der Waals surface area contributed by atoms with E-state index in [1.165, 1.54) is 29.3 Å². The highest BCUT2D eigenvalue weighted by atomic mass is 32.1. The van der Waals surface area contributed by atoms with Crippen LogP contribution in [-0.2, 0) is 17.9 Å². The van der Waals surface area contributed by atoms with Crippen molar-refractivity contribution in [3.8, 4) is 5.75 Å². The highest BCUT2D eigenvalue weighted by Gasteiger charge is 2.10. The Bertz CT molecular complexity index is 621. The number of ether oxygens (including phenoxy) is 1. The third-order valence-electron chi connectivity index (χ3n) is 2.35. The number of aromatic nitrogens is 3. The van der Waals surface area contributed by atoms with Gasteiger partial charge in [0.1, 0.15) is 18.0 Å². The van der Waals surface area contributed by atoms with E-state index in [9.17, 15) is 9.59 Å². The van der Waals surface area contributed by atoms with Crippen molar-refractivity contribution in [1.29, 1.82) is 0 Å². The van der Waals surface area contributed by atoms with Gasteiger partial charge in [0.05, 0.1) is 24.7 Å².